The van der Waals surface area contributed by atoms with E-state index in [1.54, 1.807) is 36.7 Å². The fourth-order valence-electron chi connectivity index (χ4n) is 4.06. The van der Waals surface area contributed by atoms with Gasteiger partial charge in [-0.3, -0.25) is 4.68 Å². The van der Waals surface area contributed by atoms with Gasteiger partial charge in [0.25, 0.3) is 0 Å². The van der Waals surface area contributed by atoms with Gasteiger partial charge in [-0.05, 0) is 52.2 Å². The Bertz CT molecular complexity index is 1270. The predicted molar refractivity (Wildman–Crippen MR) is 146 cm³/mol. The van der Waals surface area contributed by atoms with Crippen LogP contribution in [0.25, 0.3) is 0 Å². The maximum atomic E-state index is 12.3. The third kappa shape index (κ3) is 6.79. The van der Waals surface area contributed by atoms with Crippen molar-refractivity contribution < 1.29 is 19.0 Å². The van der Waals surface area contributed by atoms with Crippen LogP contribution in [0.4, 0.5) is 16.4 Å². The number of nitrogens with zero attached hydrogens (tertiary/aromatic N) is 5. The lowest BCUT2D eigenvalue weighted by atomic mass is 10.1. The van der Waals surface area contributed by atoms with Gasteiger partial charge in [0.1, 0.15) is 18.0 Å². The number of aryl methyl sites for hydroxylation is 1. The molecule has 1 fully saturated rings. The third-order valence-corrected chi connectivity index (χ3v) is 6.96. The SMILES string of the molecule is COc1cc(C)c(Cl)c(COc2cnc(Nc3cnn(C4CCN(C(=O)OC(C)(C)C)CC4)c3)nc2)c1Cl. The second-order valence-electron chi connectivity index (χ2n) is 10.1. The molecule has 12 heteroatoms. The minimum Gasteiger partial charge on any atom is -0.495 e. The van der Waals surface area contributed by atoms with E-state index in [4.69, 9.17) is 37.4 Å². The van der Waals surface area contributed by atoms with E-state index in [1.165, 1.54) is 0 Å². The highest BCUT2D eigenvalue weighted by Gasteiger charge is 2.28. The molecule has 0 spiro atoms. The topological polar surface area (TPSA) is 104 Å². The number of carbonyl (C=O) groups is 1. The molecule has 10 nitrogen and oxygen atoms in total. The molecule has 4 rings (SSSR count). The minimum absolute atomic E-state index is 0.144. The quantitative estimate of drug-likeness (QED) is 0.363. The zero-order valence-electron chi connectivity index (χ0n) is 22.1. The van der Waals surface area contributed by atoms with Crippen molar-refractivity contribution in [3.05, 3.63) is 52.0 Å². The van der Waals surface area contributed by atoms with Crippen LogP contribution >= 0.6 is 23.2 Å². The summed E-state index contributed by atoms with van der Waals surface area (Å²) in [6, 6.07) is 1.98. The van der Waals surface area contributed by atoms with E-state index in [2.05, 4.69) is 20.4 Å². The molecule has 1 saturated heterocycles. The fraction of sp³-hybridized carbons (Fsp3) is 0.462. The Labute approximate surface area is 232 Å². The molecule has 3 aromatic rings. The molecular weight excluding hydrogens is 531 g/mol. The Balaban J connectivity index is 1.30. The molecule has 3 heterocycles. The zero-order valence-corrected chi connectivity index (χ0v) is 23.6. The van der Waals surface area contributed by atoms with E-state index in [9.17, 15) is 4.79 Å². The monoisotopic (exact) mass is 562 g/mol. The largest absolute Gasteiger partial charge is 0.495 e. The number of likely N-dealkylation sites (tertiary alicyclic amines) is 1. The fourth-order valence-corrected chi connectivity index (χ4v) is 4.60. The number of ether oxygens (including phenoxy) is 3. The summed E-state index contributed by atoms with van der Waals surface area (Å²) in [5, 5.41) is 8.58. The molecule has 1 N–H and O–H groups in total. The Morgan fingerprint density at radius 1 is 1.13 bits per heavy atom. The first kappa shape index (κ1) is 27.8. The highest BCUT2D eigenvalue weighted by atomic mass is 35.5. The maximum Gasteiger partial charge on any atom is 0.410 e. The van der Waals surface area contributed by atoms with Gasteiger partial charge in [-0.15, -0.1) is 0 Å². The summed E-state index contributed by atoms with van der Waals surface area (Å²) in [4.78, 5) is 22.7. The van der Waals surface area contributed by atoms with Gasteiger partial charge in [0, 0.05) is 24.8 Å². The molecule has 1 aromatic carbocycles. The van der Waals surface area contributed by atoms with Gasteiger partial charge in [0.05, 0.1) is 47.5 Å². The summed E-state index contributed by atoms with van der Waals surface area (Å²) >= 11 is 12.8. The second kappa shape index (κ2) is 11.7. The lowest BCUT2D eigenvalue weighted by molar-refractivity contribution is 0.0185. The van der Waals surface area contributed by atoms with Gasteiger partial charge in [-0.2, -0.15) is 5.10 Å². The number of amides is 1. The number of halogens is 2. The highest BCUT2D eigenvalue weighted by molar-refractivity contribution is 6.37. The number of methoxy groups -OCH3 is 1. The number of aromatic nitrogens is 4. The Kier molecular flexibility index (Phi) is 8.52. The lowest BCUT2D eigenvalue weighted by Gasteiger charge is -2.33. The first-order valence-electron chi connectivity index (χ1n) is 12.3. The molecule has 0 bridgehead atoms. The van der Waals surface area contributed by atoms with Crippen LogP contribution in [0.1, 0.15) is 50.8 Å². The average molecular weight is 563 g/mol. The zero-order chi connectivity index (χ0) is 27.4. The van der Waals surface area contributed by atoms with Crippen LogP contribution in [0.3, 0.4) is 0 Å². The molecule has 204 valence electrons. The molecule has 0 radical (unpaired) electrons. The number of hydrogen-bond donors (Lipinski definition) is 1. The number of piperidine rings is 1. The molecule has 1 amide bonds. The van der Waals surface area contributed by atoms with Crippen molar-refractivity contribution in [2.45, 2.75) is 58.8 Å². The third-order valence-electron chi connectivity index (χ3n) is 6.02. The van der Waals surface area contributed by atoms with Crippen LogP contribution in [-0.4, -0.2) is 56.5 Å². The average Bonchev–Trinajstić information content (AvgIpc) is 3.34. The van der Waals surface area contributed by atoms with Crippen molar-refractivity contribution in [1.82, 2.24) is 24.6 Å². The predicted octanol–water partition coefficient (Wildman–Crippen LogP) is 6.19. The molecule has 2 aromatic heterocycles. The van der Waals surface area contributed by atoms with Crippen molar-refractivity contribution in [3.63, 3.8) is 0 Å². The maximum absolute atomic E-state index is 12.3. The molecule has 0 aliphatic carbocycles. The summed E-state index contributed by atoms with van der Waals surface area (Å²) in [5.41, 5.74) is 1.74. The van der Waals surface area contributed by atoms with Crippen LogP contribution < -0.4 is 14.8 Å². The van der Waals surface area contributed by atoms with Gasteiger partial charge in [-0.1, -0.05) is 23.2 Å². The smallest absolute Gasteiger partial charge is 0.410 e. The van der Waals surface area contributed by atoms with Crippen LogP contribution in [-0.2, 0) is 11.3 Å². The Morgan fingerprint density at radius 3 is 2.45 bits per heavy atom. The van der Waals surface area contributed by atoms with Crippen molar-refractivity contribution in [3.8, 4) is 11.5 Å². The summed E-state index contributed by atoms with van der Waals surface area (Å²) in [7, 11) is 1.55. The van der Waals surface area contributed by atoms with Crippen LogP contribution in [0.15, 0.2) is 30.9 Å². The van der Waals surface area contributed by atoms with Gasteiger partial charge < -0.3 is 24.4 Å². The Morgan fingerprint density at radius 2 is 1.82 bits per heavy atom. The summed E-state index contributed by atoms with van der Waals surface area (Å²) < 4.78 is 18.5. The van der Waals surface area contributed by atoms with Gasteiger partial charge in [0.2, 0.25) is 5.95 Å². The van der Waals surface area contributed by atoms with E-state index in [0.29, 0.717) is 46.1 Å². The number of hydrogen-bond acceptors (Lipinski definition) is 8. The Hall–Kier alpha value is -3.24. The van der Waals surface area contributed by atoms with Crippen LogP contribution in [0.2, 0.25) is 10.0 Å². The van der Waals surface area contributed by atoms with E-state index >= 15 is 0 Å². The van der Waals surface area contributed by atoms with Gasteiger partial charge in [0.15, 0.2) is 5.75 Å². The molecule has 0 saturated carbocycles. The summed E-state index contributed by atoms with van der Waals surface area (Å²) in [6.07, 6.45) is 8.10. The lowest BCUT2D eigenvalue weighted by Crippen LogP contribution is -2.42. The van der Waals surface area contributed by atoms with Crippen molar-refractivity contribution in [2.24, 2.45) is 0 Å². The number of anilines is 2. The van der Waals surface area contributed by atoms with E-state index in [0.717, 1.165) is 24.1 Å². The van der Waals surface area contributed by atoms with Crippen LogP contribution in [0.5, 0.6) is 11.5 Å². The first-order valence-corrected chi connectivity index (χ1v) is 13.0. The van der Waals surface area contributed by atoms with Crippen molar-refractivity contribution in [1.29, 1.82) is 0 Å². The molecular formula is C26H32Cl2N6O4. The minimum atomic E-state index is -0.501. The number of benzene rings is 1. The van der Waals surface area contributed by atoms with Crippen LogP contribution in [0, 0.1) is 6.92 Å². The van der Waals surface area contributed by atoms with Gasteiger partial charge in [-0.25, -0.2) is 14.8 Å². The number of carbonyl (C=O) groups excluding carboxylic acids is 1. The summed E-state index contributed by atoms with van der Waals surface area (Å²) in [6.45, 7) is 8.88. The normalized spacial score (nSPS) is 14.3. The number of nitrogens with one attached hydrogen (secondary N) is 1. The first-order chi connectivity index (χ1) is 18.0. The van der Waals surface area contributed by atoms with Crippen molar-refractivity contribution >= 4 is 40.9 Å². The highest BCUT2D eigenvalue weighted by Crippen LogP contribution is 2.36. The molecule has 0 unspecified atom stereocenters. The molecule has 38 heavy (non-hydrogen) atoms. The van der Waals surface area contributed by atoms with E-state index < -0.39 is 5.60 Å². The standard InChI is InChI=1S/C26H32Cl2N6O4/c1-16-10-21(36-5)23(28)20(22(16)27)15-37-19-12-29-24(30-13-19)32-17-11-31-34(14-17)18-6-8-33(9-7-18)25(35)38-26(2,3)4/h10-14,18H,6-9,15H2,1-5H3,(H,29,30,32). The van der Waals surface area contributed by atoms with Gasteiger partial charge >= 0.3 is 6.09 Å². The molecule has 0 atom stereocenters. The van der Waals surface area contributed by atoms with E-state index in [-0.39, 0.29) is 18.7 Å². The number of rotatable bonds is 7. The second-order valence-corrected chi connectivity index (χ2v) is 10.8. The van der Waals surface area contributed by atoms with E-state index in [1.807, 2.05) is 38.6 Å². The molecule has 1 aliphatic rings. The molecule has 1 aliphatic heterocycles. The van der Waals surface area contributed by atoms with Crippen molar-refractivity contribution in [2.75, 3.05) is 25.5 Å². The summed E-state index contributed by atoms with van der Waals surface area (Å²) in [5.74, 6) is 1.41.